The average Bonchev–Trinajstić information content (AvgIpc) is 3.17. The van der Waals surface area contributed by atoms with Gasteiger partial charge in [-0.25, -0.2) is 9.79 Å². The maximum atomic E-state index is 14.1. The number of thiazole rings is 1. The number of benzene rings is 2. The first kappa shape index (κ1) is 26.2. The number of hydrogen-bond donors (Lipinski definition) is 0. The Labute approximate surface area is 217 Å². The van der Waals surface area contributed by atoms with E-state index in [2.05, 4.69) is 4.99 Å². The number of carbonyl (C=O) groups is 1. The van der Waals surface area contributed by atoms with Crippen molar-refractivity contribution in [2.24, 2.45) is 4.99 Å². The molecule has 7 nitrogen and oxygen atoms in total. The molecule has 0 bridgehead atoms. The topological polar surface area (TPSA) is 93.7 Å². The molecule has 0 fully saturated rings. The second-order valence-corrected chi connectivity index (χ2v) is 9.08. The van der Waals surface area contributed by atoms with Crippen LogP contribution in [0.1, 0.15) is 24.1 Å². The summed E-state index contributed by atoms with van der Waals surface area (Å²) < 4.78 is 53.7. The van der Waals surface area contributed by atoms with Gasteiger partial charge in [-0.05, 0) is 48.4 Å². The van der Waals surface area contributed by atoms with E-state index in [0.717, 1.165) is 15.9 Å². The molecule has 0 unspecified atom stereocenters. The average molecular weight is 548 g/mol. The van der Waals surface area contributed by atoms with E-state index in [1.54, 1.807) is 24.3 Å². The minimum absolute atomic E-state index is 0.107. The standard InChI is InChI=1S/C25H17ClF3N3O4S/c1-2-35-23(34)19-20(15-5-7-16(26)8-6-15)32-22(33)18(37-24(32)31-21(19)25(27,28)29)13-14-3-9-17(10-4-14)36-12-11-30/h3-10,13,20H,2,12H2,1H3/b18-13-/t20-/m0/s1. The van der Waals surface area contributed by atoms with Gasteiger partial charge in [-0.2, -0.15) is 18.4 Å². The zero-order chi connectivity index (χ0) is 26.7. The molecule has 2 heterocycles. The largest absolute Gasteiger partial charge is 0.479 e. The summed E-state index contributed by atoms with van der Waals surface area (Å²) in [6.07, 6.45) is -3.49. The van der Waals surface area contributed by atoms with E-state index in [4.69, 9.17) is 26.3 Å². The Morgan fingerprint density at radius 2 is 1.89 bits per heavy atom. The molecule has 0 N–H and O–H groups in total. The van der Waals surface area contributed by atoms with Crippen LogP contribution >= 0.6 is 22.9 Å². The SMILES string of the molecule is CCOC(=O)C1=C(C(F)(F)F)N=c2s/c(=C\c3ccc(OCC#N)cc3)c(=O)n2[C@H]1c1ccc(Cl)cc1. The van der Waals surface area contributed by atoms with Crippen molar-refractivity contribution in [1.29, 1.82) is 5.26 Å². The number of hydrogen-bond acceptors (Lipinski definition) is 7. The van der Waals surface area contributed by atoms with Gasteiger partial charge in [0.2, 0.25) is 0 Å². The second-order valence-electron chi connectivity index (χ2n) is 7.63. The van der Waals surface area contributed by atoms with Crippen molar-refractivity contribution in [2.45, 2.75) is 19.1 Å². The summed E-state index contributed by atoms with van der Waals surface area (Å²) in [7, 11) is 0. The number of alkyl halides is 3. The molecule has 0 aliphatic carbocycles. The fourth-order valence-corrected chi connectivity index (χ4v) is 4.86. The highest BCUT2D eigenvalue weighted by Gasteiger charge is 2.45. The number of aromatic nitrogens is 1. The molecule has 2 aromatic carbocycles. The molecule has 37 heavy (non-hydrogen) atoms. The number of nitrogens with zero attached hydrogens (tertiary/aromatic N) is 3. The third-order valence-corrected chi connectivity index (χ3v) is 6.50. The molecule has 0 amide bonds. The number of allylic oxidation sites excluding steroid dienone is 1. The van der Waals surface area contributed by atoms with Crippen LogP contribution in [0.4, 0.5) is 13.2 Å². The van der Waals surface area contributed by atoms with Crippen LogP contribution in [-0.2, 0) is 9.53 Å². The van der Waals surface area contributed by atoms with Gasteiger partial charge in [-0.3, -0.25) is 9.36 Å². The number of esters is 1. The summed E-state index contributed by atoms with van der Waals surface area (Å²) in [5.74, 6) is -0.780. The van der Waals surface area contributed by atoms with Crippen LogP contribution in [0.3, 0.4) is 0 Å². The van der Waals surface area contributed by atoms with Gasteiger partial charge < -0.3 is 9.47 Å². The molecule has 0 saturated heterocycles. The molecule has 1 aromatic heterocycles. The number of carbonyl (C=O) groups excluding carboxylic acids is 1. The Morgan fingerprint density at radius 1 is 1.22 bits per heavy atom. The maximum absolute atomic E-state index is 14.1. The number of fused-ring (bicyclic) bond motifs is 1. The molecule has 1 aliphatic heterocycles. The highest BCUT2D eigenvalue weighted by Crippen LogP contribution is 2.38. The van der Waals surface area contributed by atoms with Crippen molar-refractivity contribution in [3.8, 4) is 11.8 Å². The van der Waals surface area contributed by atoms with E-state index >= 15 is 0 Å². The first-order valence-electron chi connectivity index (χ1n) is 10.8. The van der Waals surface area contributed by atoms with Gasteiger partial charge in [0.05, 0.1) is 22.8 Å². The Kier molecular flexibility index (Phi) is 7.52. The van der Waals surface area contributed by atoms with Crippen molar-refractivity contribution in [3.05, 3.63) is 95.6 Å². The Balaban J connectivity index is 1.94. The van der Waals surface area contributed by atoms with E-state index < -0.39 is 35.0 Å². The minimum Gasteiger partial charge on any atom is -0.479 e. The van der Waals surface area contributed by atoms with Gasteiger partial charge in [0.1, 0.15) is 11.8 Å². The molecule has 4 rings (SSSR count). The van der Waals surface area contributed by atoms with E-state index in [1.165, 1.54) is 37.3 Å². The summed E-state index contributed by atoms with van der Waals surface area (Å²) in [6, 6.07) is 12.7. The molecule has 0 spiro atoms. The lowest BCUT2D eigenvalue weighted by Crippen LogP contribution is -2.41. The summed E-state index contributed by atoms with van der Waals surface area (Å²) in [4.78, 5) is 29.8. The molecular weight excluding hydrogens is 531 g/mol. The van der Waals surface area contributed by atoms with Gasteiger partial charge in [0.15, 0.2) is 17.1 Å². The van der Waals surface area contributed by atoms with Crippen molar-refractivity contribution < 1.29 is 27.4 Å². The van der Waals surface area contributed by atoms with Crippen molar-refractivity contribution in [1.82, 2.24) is 4.57 Å². The number of halogens is 4. The van der Waals surface area contributed by atoms with Crippen LogP contribution in [-0.4, -0.2) is 29.9 Å². The van der Waals surface area contributed by atoms with Crippen molar-refractivity contribution in [2.75, 3.05) is 13.2 Å². The quantitative estimate of drug-likeness (QED) is 0.436. The number of ether oxygens (including phenoxy) is 2. The Bertz CT molecular complexity index is 1580. The molecule has 0 radical (unpaired) electrons. The van der Waals surface area contributed by atoms with Crippen LogP contribution in [0.5, 0.6) is 5.75 Å². The first-order valence-corrected chi connectivity index (χ1v) is 12.0. The van der Waals surface area contributed by atoms with Crippen LogP contribution in [0.25, 0.3) is 6.08 Å². The fourth-order valence-electron chi connectivity index (χ4n) is 3.73. The van der Waals surface area contributed by atoms with Gasteiger partial charge in [-0.15, -0.1) is 0 Å². The van der Waals surface area contributed by atoms with Gasteiger partial charge in [0, 0.05) is 5.02 Å². The number of nitriles is 1. The monoisotopic (exact) mass is 547 g/mol. The molecule has 3 aromatic rings. The predicted octanol–water partition coefficient (Wildman–Crippen LogP) is 3.90. The lowest BCUT2D eigenvalue weighted by molar-refractivity contribution is -0.140. The van der Waals surface area contributed by atoms with Crippen LogP contribution in [0.2, 0.25) is 5.02 Å². The molecular formula is C25H17ClF3N3O4S. The molecule has 12 heteroatoms. The lowest BCUT2D eigenvalue weighted by Gasteiger charge is -2.26. The third kappa shape index (κ3) is 5.45. The van der Waals surface area contributed by atoms with Crippen molar-refractivity contribution >= 4 is 35.0 Å². The van der Waals surface area contributed by atoms with Crippen LogP contribution < -0.4 is 19.6 Å². The minimum atomic E-state index is -4.98. The highest BCUT2D eigenvalue weighted by atomic mass is 35.5. The zero-order valence-electron chi connectivity index (χ0n) is 19.1. The van der Waals surface area contributed by atoms with Crippen LogP contribution in [0.15, 0.2) is 69.6 Å². The molecule has 1 atom stereocenters. The second kappa shape index (κ2) is 10.6. The first-order chi connectivity index (χ1) is 17.6. The van der Waals surface area contributed by atoms with Gasteiger partial charge >= 0.3 is 12.1 Å². The molecule has 190 valence electrons. The Morgan fingerprint density at radius 3 is 2.49 bits per heavy atom. The smallest absolute Gasteiger partial charge is 0.434 e. The fraction of sp³-hybridized carbons (Fsp3) is 0.200. The van der Waals surface area contributed by atoms with E-state index in [9.17, 15) is 22.8 Å². The van der Waals surface area contributed by atoms with Crippen LogP contribution in [0, 0.1) is 11.3 Å². The normalized spacial score (nSPS) is 15.6. The van der Waals surface area contributed by atoms with Gasteiger partial charge in [-0.1, -0.05) is 47.2 Å². The Hall–Kier alpha value is -3.88. The molecule has 0 saturated carbocycles. The predicted molar refractivity (Wildman–Crippen MR) is 130 cm³/mol. The van der Waals surface area contributed by atoms with Gasteiger partial charge in [0.25, 0.3) is 5.56 Å². The van der Waals surface area contributed by atoms with E-state index in [-0.39, 0.29) is 28.1 Å². The van der Waals surface area contributed by atoms with Crippen molar-refractivity contribution in [3.63, 3.8) is 0 Å². The lowest BCUT2D eigenvalue weighted by atomic mass is 9.95. The maximum Gasteiger partial charge on any atom is 0.434 e. The van der Waals surface area contributed by atoms with E-state index in [0.29, 0.717) is 16.3 Å². The number of rotatable bonds is 6. The molecule has 1 aliphatic rings. The summed E-state index contributed by atoms with van der Waals surface area (Å²) >= 11 is 6.73. The summed E-state index contributed by atoms with van der Waals surface area (Å²) in [6.45, 7) is 1.17. The summed E-state index contributed by atoms with van der Waals surface area (Å²) in [5.41, 5.74) is -2.03. The zero-order valence-corrected chi connectivity index (χ0v) is 20.7. The van der Waals surface area contributed by atoms with E-state index in [1.807, 2.05) is 6.07 Å². The summed E-state index contributed by atoms with van der Waals surface area (Å²) in [5, 5.41) is 8.95. The third-order valence-electron chi connectivity index (χ3n) is 5.26. The highest BCUT2D eigenvalue weighted by molar-refractivity contribution is 7.07.